The van der Waals surface area contributed by atoms with E-state index in [1.165, 1.54) is 38.2 Å². The first-order valence-corrected chi connectivity index (χ1v) is 7.09. The van der Waals surface area contributed by atoms with Gasteiger partial charge in [0.25, 0.3) is 0 Å². The molecule has 0 amide bonds. The zero-order chi connectivity index (χ0) is 13.7. The highest BCUT2D eigenvalue weighted by Crippen LogP contribution is 2.40. The summed E-state index contributed by atoms with van der Waals surface area (Å²) < 4.78 is 13.9. The summed E-state index contributed by atoms with van der Waals surface area (Å²) >= 11 is 0. The lowest BCUT2D eigenvalue weighted by Crippen LogP contribution is -2.31. The van der Waals surface area contributed by atoms with Crippen molar-refractivity contribution in [2.24, 2.45) is 5.41 Å². The predicted octanol–water partition coefficient (Wildman–Crippen LogP) is 3.76. The Hall–Kier alpha value is -1.40. The van der Waals surface area contributed by atoms with Crippen molar-refractivity contribution in [3.05, 3.63) is 35.1 Å². The molecular formula is C16H21FN2. The van der Waals surface area contributed by atoms with E-state index < -0.39 is 0 Å². The lowest BCUT2D eigenvalue weighted by Gasteiger charge is -2.27. The number of nitriles is 1. The highest BCUT2D eigenvalue weighted by atomic mass is 19.1. The molecule has 1 saturated carbocycles. The van der Waals surface area contributed by atoms with Crippen molar-refractivity contribution < 1.29 is 4.39 Å². The van der Waals surface area contributed by atoms with Gasteiger partial charge in [-0.05, 0) is 30.7 Å². The van der Waals surface area contributed by atoms with Crippen LogP contribution in [0.5, 0.6) is 0 Å². The zero-order valence-corrected chi connectivity index (χ0v) is 11.5. The maximum atomic E-state index is 13.9. The van der Waals surface area contributed by atoms with Crippen LogP contribution in [0, 0.1) is 22.6 Å². The van der Waals surface area contributed by atoms with E-state index in [4.69, 9.17) is 5.26 Å². The molecule has 0 aliphatic heterocycles. The van der Waals surface area contributed by atoms with Crippen molar-refractivity contribution >= 4 is 0 Å². The van der Waals surface area contributed by atoms with Crippen molar-refractivity contribution in [2.45, 2.75) is 45.6 Å². The van der Waals surface area contributed by atoms with E-state index >= 15 is 0 Å². The molecule has 0 aromatic heterocycles. The second-order valence-electron chi connectivity index (χ2n) is 5.55. The van der Waals surface area contributed by atoms with Crippen molar-refractivity contribution in [1.29, 1.82) is 5.26 Å². The maximum Gasteiger partial charge on any atom is 0.145 e. The molecule has 1 aliphatic carbocycles. The normalized spacial score (nSPS) is 17.3. The van der Waals surface area contributed by atoms with Crippen LogP contribution in [0.3, 0.4) is 0 Å². The van der Waals surface area contributed by atoms with Crippen LogP contribution in [0.15, 0.2) is 18.2 Å². The topological polar surface area (TPSA) is 35.8 Å². The van der Waals surface area contributed by atoms with Gasteiger partial charge >= 0.3 is 0 Å². The van der Waals surface area contributed by atoms with Gasteiger partial charge in [-0.2, -0.15) is 5.26 Å². The molecule has 0 atom stereocenters. The molecule has 0 radical (unpaired) electrons. The fourth-order valence-corrected chi connectivity index (χ4v) is 3.05. The van der Waals surface area contributed by atoms with Gasteiger partial charge in [0, 0.05) is 18.7 Å². The van der Waals surface area contributed by atoms with E-state index in [1.54, 1.807) is 12.1 Å². The van der Waals surface area contributed by atoms with Gasteiger partial charge in [0.05, 0.1) is 5.56 Å². The number of hydrogen-bond acceptors (Lipinski definition) is 2. The van der Waals surface area contributed by atoms with E-state index in [2.05, 4.69) is 12.2 Å². The largest absolute Gasteiger partial charge is 0.312 e. The van der Waals surface area contributed by atoms with Crippen LogP contribution in [0.1, 0.15) is 50.2 Å². The Balaban J connectivity index is 1.94. The fourth-order valence-electron chi connectivity index (χ4n) is 3.05. The third-order valence-corrected chi connectivity index (χ3v) is 4.43. The minimum Gasteiger partial charge on any atom is -0.312 e. The van der Waals surface area contributed by atoms with Gasteiger partial charge in [-0.15, -0.1) is 0 Å². The molecule has 1 fully saturated rings. The minimum atomic E-state index is -0.380. The highest BCUT2D eigenvalue weighted by molar-refractivity contribution is 5.34. The summed E-state index contributed by atoms with van der Waals surface area (Å²) in [6.07, 6.45) is 6.36. The Kier molecular flexibility index (Phi) is 4.55. The van der Waals surface area contributed by atoms with Crippen molar-refractivity contribution in [3.8, 4) is 6.07 Å². The minimum absolute atomic E-state index is 0.130. The third kappa shape index (κ3) is 3.13. The maximum absolute atomic E-state index is 13.9. The summed E-state index contributed by atoms with van der Waals surface area (Å²) in [7, 11) is 0. The quantitative estimate of drug-likeness (QED) is 0.875. The number of rotatable bonds is 5. The van der Waals surface area contributed by atoms with Crippen LogP contribution < -0.4 is 5.32 Å². The highest BCUT2D eigenvalue weighted by Gasteiger charge is 2.31. The molecule has 1 N–H and O–H groups in total. The predicted molar refractivity (Wildman–Crippen MR) is 74.0 cm³/mol. The molecule has 1 aromatic rings. The first-order valence-electron chi connectivity index (χ1n) is 7.09. The first-order chi connectivity index (χ1) is 9.21. The number of hydrogen-bond donors (Lipinski definition) is 1. The van der Waals surface area contributed by atoms with E-state index in [0.29, 0.717) is 17.5 Å². The number of halogens is 1. The molecule has 2 rings (SSSR count). The Labute approximate surface area is 114 Å². The summed E-state index contributed by atoms with van der Waals surface area (Å²) in [5, 5.41) is 12.2. The summed E-state index contributed by atoms with van der Waals surface area (Å²) in [6, 6.07) is 6.89. The molecular weight excluding hydrogens is 239 g/mol. The van der Waals surface area contributed by atoms with E-state index in [9.17, 15) is 4.39 Å². The Morgan fingerprint density at radius 1 is 1.37 bits per heavy atom. The monoisotopic (exact) mass is 260 g/mol. The van der Waals surface area contributed by atoms with Gasteiger partial charge in [-0.25, -0.2) is 4.39 Å². The Morgan fingerprint density at radius 3 is 2.74 bits per heavy atom. The van der Waals surface area contributed by atoms with Crippen molar-refractivity contribution in [1.82, 2.24) is 5.32 Å². The number of benzene rings is 1. The third-order valence-electron chi connectivity index (χ3n) is 4.43. The molecule has 0 bridgehead atoms. The molecule has 0 heterocycles. The van der Waals surface area contributed by atoms with E-state index in [-0.39, 0.29) is 11.4 Å². The van der Waals surface area contributed by atoms with Crippen molar-refractivity contribution in [3.63, 3.8) is 0 Å². The van der Waals surface area contributed by atoms with Gasteiger partial charge in [-0.3, -0.25) is 0 Å². The number of nitrogens with one attached hydrogen (secondary N) is 1. The SMILES string of the molecule is CCC1(CNCc2cccc(C#N)c2F)CCCC1. The van der Waals surface area contributed by atoms with Gasteiger partial charge in [0.2, 0.25) is 0 Å². The zero-order valence-electron chi connectivity index (χ0n) is 11.5. The molecule has 0 unspecified atom stereocenters. The average molecular weight is 260 g/mol. The first kappa shape index (κ1) is 14.0. The van der Waals surface area contributed by atoms with Gasteiger partial charge in [-0.1, -0.05) is 31.9 Å². The molecule has 102 valence electrons. The summed E-state index contributed by atoms with van der Waals surface area (Å²) in [5.41, 5.74) is 1.12. The molecule has 0 spiro atoms. The second-order valence-corrected chi connectivity index (χ2v) is 5.55. The smallest absolute Gasteiger partial charge is 0.145 e. The lowest BCUT2D eigenvalue weighted by atomic mass is 9.83. The lowest BCUT2D eigenvalue weighted by molar-refractivity contribution is 0.267. The molecule has 1 aliphatic rings. The standard InChI is InChI=1S/C16H21FN2/c1-2-16(8-3-4-9-16)12-19-11-14-7-5-6-13(10-18)15(14)17/h5-7,19H,2-4,8-9,11-12H2,1H3. The van der Waals surface area contributed by atoms with Gasteiger partial charge in [0.1, 0.15) is 11.9 Å². The summed E-state index contributed by atoms with van der Waals surface area (Å²) in [5.74, 6) is -0.380. The van der Waals surface area contributed by atoms with Crippen LogP contribution in [-0.4, -0.2) is 6.54 Å². The summed E-state index contributed by atoms with van der Waals surface area (Å²) in [6.45, 7) is 3.69. The molecule has 1 aromatic carbocycles. The van der Waals surface area contributed by atoms with Crippen LogP contribution in [0.25, 0.3) is 0 Å². The molecule has 19 heavy (non-hydrogen) atoms. The second kappa shape index (κ2) is 6.16. The summed E-state index contributed by atoms with van der Waals surface area (Å²) in [4.78, 5) is 0. The fraction of sp³-hybridized carbons (Fsp3) is 0.562. The Morgan fingerprint density at radius 2 is 2.11 bits per heavy atom. The molecule has 0 saturated heterocycles. The van der Waals surface area contributed by atoms with Crippen LogP contribution in [0.2, 0.25) is 0 Å². The van der Waals surface area contributed by atoms with Crippen LogP contribution in [-0.2, 0) is 6.54 Å². The average Bonchev–Trinajstić information content (AvgIpc) is 2.90. The van der Waals surface area contributed by atoms with Crippen molar-refractivity contribution in [2.75, 3.05) is 6.54 Å². The number of nitrogens with zero attached hydrogens (tertiary/aromatic N) is 1. The van der Waals surface area contributed by atoms with E-state index in [1.807, 2.05) is 6.07 Å². The van der Waals surface area contributed by atoms with E-state index in [0.717, 1.165) is 6.54 Å². The van der Waals surface area contributed by atoms with Crippen LogP contribution in [0.4, 0.5) is 4.39 Å². The van der Waals surface area contributed by atoms with Crippen LogP contribution >= 0.6 is 0 Å². The molecule has 2 nitrogen and oxygen atoms in total. The van der Waals surface area contributed by atoms with Gasteiger partial charge < -0.3 is 5.32 Å². The Bertz CT molecular complexity index is 470. The van der Waals surface area contributed by atoms with Gasteiger partial charge in [0.15, 0.2) is 0 Å². The molecule has 3 heteroatoms.